The molecular formula is C26H27N3O2. The minimum Gasteiger partial charge on any atom is -0.358 e. The highest BCUT2D eigenvalue weighted by Crippen LogP contribution is 2.27. The molecule has 1 atom stereocenters. The number of piperazine rings is 1. The molecule has 2 aromatic carbocycles. The smallest absolute Gasteiger partial charge is 0.271 e. The number of allylic oxidation sites excluding steroid dienone is 2. The van der Waals surface area contributed by atoms with Gasteiger partial charge in [-0.25, -0.2) is 0 Å². The SMILES string of the molecule is CC(C)=CCc1[nH]c2ccccc2c1/C=C1\NC(=O)C(C)N(Cc2ccccc2)C1=O. The van der Waals surface area contributed by atoms with Crippen molar-refractivity contribution in [2.45, 2.75) is 39.8 Å². The van der Waals surface area contributed by atoms with Crippen molar-refractivity contribution < 1.29 is 9.59 Å². The number of aromatic nitrogens is 1. The van der Waals surface area contributed by atoms with Crippen molar-refractivity contribution in [1.82, 2.24) is 15.2 Å². The molecule has 1 aliphatic rings. The van der Waals surface area contributed by atoms with E-state index in [1.165, 1.54) is 5.57 Å². The highest BCUT2D eigenvalue weighted by molar-refractivity contribution is 6.08. The highest BCUT2D eigenvalue weighted by Gasteiger charge is 2.34. The van der Waals surface area contributed by atoms with Gasteiger partial charge in [-0.05, 0) is 38.5 Å². The van der Waals surface area contributed by atoms with Gasteiger partial charge >= 0.3 is 0 Å². The number of H-pyrrole nitrogens is 1. The van der Waals surface area contributed by atoms with Gasteiger partial charge in [0.05, 0.1) is 0 Å². The summed E-state index contributed by atoms with van der Waals surface area (Å²) in [6, 6.07) is 17.2. The Morgan fingerprint density at radius 2 is 1.74 bits per heavy atom. The van der Waals surface area contributed by atoms with E-state index in [-0.39, 0.29) is 11.8 Å². The maximum absolute atomic E-state index is 13.3. The normalized spacial score (nSPS) is 17.8. The van der Waals surface area contributed by atoms with Gasteiger partial charge in [-0.3, -0.25) is 9.59 Å². The summed E-state index contributed by atoms with van der Waals surface area (Å²) in [6.45, 7) is 6.28. The number of hydrogen-bond acceptors (Lipinski definition) is 2. The van der Waals surface area contributed by atoms with Gasteiger partial charge in [0.25, 0.3) is 5.91 Å². The van der Waals surface area contributed by atoms with Crippen molar-refractivity contribution in [1.29, 1.82) is 0 Å². The molecule has 1 unspecified atom stereocenters. The second-order valence-electron chi connectivity index (χ2n) is 8.19. The fourth-order valence-corrected chi connectivity index (χ4v) is 3.85. The van der Waals surface area contributed by atoms with Crippen LogP contribution < -0.4 is 5.32 Å². The zero-order valence-electron chi connectivity index (χ0n) is 18.1. The monoisotopic (exact) mass is 413 g/mol. The molecule has 0 spiro atoms. The predicted molar refractivity (Wildman–Crippen MR) is 124 cm³/mol. The first-order chi connectivity index (χ1) is 14.9. The Morgan fingerprint density at radius 1 is 1.03 bits per heavy atom. The van der Waals surface area contributed by atoms with Crippen LogP contribution in [0, 0.1) is 0 Å². The maximum Gasteiger partial charge on any atom is 0.271 e. The number of aromatic amines is 1. The van der Waals surface area contributed by atoms with E-state index >= 15 is 0 Å². The largest absolute Gasteiger partial charge is 0.358 e. The van der Waals surface area contributed by atoms with Crippen molar-refractivity contribution in [3.63, 3.8) is 0 Å². The Balaban J connectivity index is 1.74. The molecule has 1 fully saturated rings. The second-order valence-corrected chi connectivity index (χ2v) is 8.19. The van der Waals surface area contributed by atoms with Gasteiger partial charge in [-0.15, -0.1) is 0 Å². The lowest BCUT2D eigenvalue weighted by Gasteiger charge is -2.34. The third kappa shape index (κ3) is 4.31. The molecule has 4 rings (SSSR count). The molecule has 5 nitrogen and oxygen atoms in total. The lowest BCUT2D eigenvalue weighted by molar-refractivity contribution is -0.142. The van der Waals surface area contributed by atoms with Crippen molar-refractivity contribution in [3.8, 4) is 0 Å². The van der Waals surface area contributed by atoms with Crippen LogP contribution in [0.2, 0.25) is 0 Å². The van der Waals surface area contributed by atoms with Crippen LogP contribution in [0.25, 0.3) is 17.0 Å². The van der Waals surface area contributed by atoms with Gasteiger partial charge in [-0.1, -0.05) is 60.2 Å². The summed E-state index contributed by atoms with van der Waals surface area (Å²) in [5.74, 6) is -0.345. The second kappa shape index (κ2) is 8.64. The summed E-state index contributed by atoms with van der Waals surface area (Å²) in [5, 5.41) is 3.86. The third-order valence-electron chi connectivity index (χ3n) is 5.62. The first-order valence-corrected chi connectivity index (χ1v) is 10.5. The minimum absolute atomic E-state index is 0.172. The summed E-state index contributed by atoms with van der Waals surface area (Å²) in [7, 11) is 0. The average molecular weight is 414 g/mol. The van der Waals surface area contributed by atoms with Crippen LogP contribution >= 0.6 is 0 Å². The van der Waals surface area contributed by atoms with Crippen molar-refractivity contribution in [2.24, 2.45) is 0 Å². The summed E-state index contributed by atoms with van der Waals surface area (Å²) in [4.78, 5) is 31.1. The van der Waals surface area contributed by atoms with Crippen LogP contribution in [0.1, 0.15) is 37.6 Å². The van der Waals surface area contributed by atoms with Crippen LogP contribution in [0.3, 0.4) is 0 Å². The molecule has 2 amide bonds. The number of rotatable bonds is 5. The number of amides is 2. The summed E-state index contributed by atoms with van der Waals surface area (Å²) in [5.41, 5.74) is 5.49. The molecule has 0 radical (unpaired) electrons. The molecule has 1 aromatic heterocycles. The first-order valence-electron chi connectivity index (χ1n) is 10.5. The van der Waals surface area contributed by atoms with E-state index in [0.717, 1.165) is 34.1 Å². The van der Waals surface area contributed by atoms with Crippen LogP contribution in [0.5, 0.6) is 0 Å². The van der Waals surface area contributed by atoms with Crippen LogP contribution in [-0.4, -0.2) is 27.7 Å². The number of para-hydroxylation sites is 1. The van der Waals surface area contributed by atoms with Crippen LogP contribution in [0.4, 0.5) is 0 Å². The van der Waals surface area contributed by atoms with Gasteiger partial charge < -0.3 is 15.2 Å². The lowest BCUT2D eigenvalue weighted by atomic mass is 10.0. The Morgan fingerprint density at radius 3 is 2.48 bits per heavy atom. The molecule has 2 N–H and O–H groups in total. The van der Waals surface area contributed by atoms with E-state index in [4.69, 9.17) is 0 Å². The van der Waals surface area contributed by atoms with Crippen LogP contribution in [0.15, 0.2) is 71.9 Å². The third-order valence-corrected chi connectivity index (χ3v) is 5.62. The Bertz CT molecular complexity index is 1180. The van der Waals surface area contributed by atoms with Gasteiger partial charge in [0.2, 0.25) is 5.91 Å². The number of carbonyl (C=O) groups excluding carboxylic acids is 2. The van der Waals surface area contributed by atoms with E-state index in [9.17, 15) is 9.59 Å². The molecule has 5 heteroatoms. The number of carbonyl (C=O) groups is 2. The maximum atomic E-state index is 13.3. The number of nitrogens with one attached hydrogen (secondary N) is 2. The molecule has 0 saturated carbocycles. The number of fused-ring (bicyclic) bond motifs is 1. The van der Waals surface area contributed by atoms with Gasteiger partial charge in [0.1, 0.15) is 11.7 Å². The number of nitrogens with zero attached hydrogens (tertiary/aromatic N) is 1. The summed E-state index contributed by atoms with van der Waals surface area (Å²) < 4.78 is 0. The zero-order chi connectivity index (χ0) is 22.0. The molecule has 2 heterocycles. The van der Waals surface area contributed by atoms with E-state index < -0.39 is 6.04 Å². The molecule has 158 valence electrons. The average Bonchev–Trinajstić information content (AvgIpc) is 3.11. The Labute approximate surface area is 182 Å². The van der Waals surface area contributed by atoms with E-state index in [2.05, 4.69) is 30.2 Å². The van der Waals surface area contributed by atoms with Crippen molar-refractivity contribution in [2.75, 3.05) is 0 Å². The van der Waals surface area contributed by atoms with E-state index in [1.807, 2.05) is 60.7 Å². The molecule has 3 aromatic rings. The quantitative estimate of drug-likeness (QED) is 0.476. The van der Waals surface area contributed by atoms with E-state index in [0.29, 0.717) is 12.2 Å². The van der Waals surface area contributed by atoms with E-state index in [1.54, 1.807) is 11.8 Å². The number of benzene rings is 2. The highest BCUT2D eigenvalue weighted by atomic mass is 16.2. The summed E-state index contributed by atoms with van der Waals surface area (Å²) in [6.07, 6.45) is 4.69. The lowest BCUT2D eigenvalue weighted by Crippen LogP contribution is -2.55. The minimum atomic E-state index is -0.530. The van der Waals surface area contributed by atoms with Gasteiger partial charge in [-0.2, -0.15) is 0 Å². The Hall–Kier alpha value is -3.60. The standard InChI is InChI=1S/C26H27N3O2/c1-17(2)13-14-23-21(20-11-7-8-12-22(20)27-23)15-24-26(31)29(18(3)25(30)28-24)16-19-9-5-4-6-10-19/h4-13,15,18,27H,14,16H2,1-3H3,(H,28,30)/b24-15-. The van der Waals surface area contributed by atoms with Gasteiger partial charge in [0.15, 0.2) is 0 Å². The molecule has 1 saturated heterocycles. The predicted octanol–water partition coefficient (Wildman–Crippen LogP) is 4.56. The molecular weight excluding hydrogens is 386 g/mol. The molecule has 0 bridgehead atoms. The topological polar surface area (TPSA) is 65.2 Å². The number of hydrogen-bond donors (Lipinski definition) is 2. The molecule has 1 aliphatic heterocycles. The Kier molecular flexibility index (Phi) is 5.76. The summed E-state index contributed by atoms with van der Waals surface area (Å²) >= 11 is 0. The van der Waals surface area contributed by atoms with Crippen LogP contribution in [-0.2, 0) is 22.6 Å². The molecule has 31 heavy (non-hydrogen) atoms. The molecule has 0 aliphatic carbocycles. The fraction of sp³-hybridized carbons (Fsp3) is 0.231. The first kappa shape index (κ1) is 20.7. The zero-order valence-corrected chi connectivity index (χ0v) is 18.1. The van der Waals surface area contributed by atoms with Crippen molar-refractivity contribution >= 4 is 28.8 Å². The van der Waals surface area contributed by atoms with Gasteiger partial charge in [0, 0.05) is 35.1 Å². The fourth-order valence-electron chi connectivity index (χ4n) is 3.85. The van der Waals surface area contributed by atoms with Crippen molar-refractivity contribution in [3.05, 3.63) is 88.8 Å².